The van der Waals surface area contributed by atoms with Gasteiger partial charge in [-0.25, -0.2) is 0 Å². The lowest BCUT2D eigenvalue weighted by molar-refractivity contribution is 0.378. The van der Waals surface area contributed by atoms with Crippen LogP contribution in [0.3, 0.4) is 0 Å². The second kappa shape index (κ2) is 6.39. The molecule has 1 saturated heterocycles. The molecule has 0 saturated carbocycles. The molecular weight excluding hydrogens is 272 g/mol. The van der Waals surface area contributed by atoms with E-state index in [1.54, 1.807) is 7.11 Å². The summed E-state index contributed by atoms with van der Waals surface area (Å²) in [7, 11) is 1.71. The molecule has 1 aromatic carbocycles. The van der Waals surface area contributed by atoms with Crippen LogP contribution in [-0.2, 0) is 0 Å². The maximum absolute atomic E-state index is 5.27. The predicted octanol–water partition coefficient (Wildman–Crippen LogP) is 4.03. The smallest absolute Gasteiger partial charge is 0.118 e. The Kier molecular flexibility index (Phi) is 4.32. The van der Waals surface area contributed by atoms with Gasteiger partial charge in [-0.15, -0.1) is 0 Å². The topological polar surface area (TPSA) is 25.4 Å². The SMILES string of the molecule is COc1ccc(C2CN(c3ccnc(C)c3)CCC2C)cc1. The maximum atomic E-state index is 5.27. The second-order valence-electron chi connectivity index (χ2n) is 6.25. The van der Waals surface area contributed by atoms with Crippen LogP contribution in [0, 0.1) is 12.8 Å². The molecule has 1 fully saturated rings. The number of aromatic nitrogens is 1. The third-order valence-electron chi connectivity index (χ3n) is 4.75. The van der Waals surface area contributed by atoms with E-state index >= 15 is 0 Å². The molecule has 1 aliphatic rings. The van der Waals surface area contributed by atoms with E-state index in [9.17, 15) is 0 Å². The number of ether oxygens (including phenoxy) is 1. The first-order valence-electron chi connectivity index (χ1n) is 7.99. The zero-order valence-electron chi connectivity index (χ0n) is 13.6. The molecule has 0 bridgehead atoms. The predicted molar refractivity (Wildman–Crippen MR) is 90.7 cm³/mol. The quantitative estimate of drug-likeness (QED) is 0.855. The van der Waals surface area contributed by atoms with Crippen LogP contribution in [0.15, 0.2) is 42.6 Å². The molecule has 0 spiro atoms. The van der Waals surface area contributed by atoms with E-state index in [-0.39, 0.29) is 0 Å². The molecule has 2 aromatic rings. The number of pyridine rings is 1. The fourth-order valence-electron chi connectivity index (χ4n) is 3.32. The van der Waals surface area contributed by atoms with E-state index in [2.05, 4.69) is 60.1 Å². The highest BCUT2D eigenvalue weighted by atomic mass is 16.5. The van der Waals surface area contributed by atoms with Crippen molar-refractivity contribution < 1.29 is 4.74 Å². The highest BCUT2D eigenvalue weighted by Gasteiger charge is 2.27. The molecule has 0 N–H and O–H groups in total. The molecule has 2 unspecified atom stereocenters. The standard InChI is InChI=1S/C19H24N2O/c1-14-9-11-21(17-8-10-20-15(2)12-17)13-19(14)16-4-6-18(22-3)7-5-16/h4-8,10,12,14,19H,9,11,13H2,1-3H3. The van der Waals surface area contributed by atoms with Gasteiger partial charge in [0.25, 0.3) is 0 Å². The Labute approximate surface area is 132 Å². The van der Waals surface area contributed by atoms with Crippen molar-refractivity contribution in [3.8, 4) is 5.75 Å². The zero-order chi connectivity index (χ0) is 15.5. The molecule has 1 aliphatic heterocycles. The minimum atomic E-state index is 0.563. The van der Waals surface area contributed by atoms with Crippen molar-refractivity contribution in [2.75, 3.05) is 25.1 Å². The van der Waals surface area contributed by atoms with E-state index in [1.807, 2.05) is 6.20 Å². The lowest BCUT2D eigenvalue weighted by Crippen LogP contribution is -2.38. The van der Waals surface area contributed by atoms with Crippen LogP contribution in [0.1, 0.15) is 30.5 Å². The molecule has 0 amide bonds. The number of methoxy groups -OCH3 is 1. The van der Waals surface area contributed by atoms with Gasteiger partial charge in [0, 0.05) is 36.6 Å². The average molecular weight is 296 g/mol. The third kappa shape index (κ3) is 3.08. The molecule has 1 aromatic heterocycles. The first kappa shape index (κ1) is 14.9. The van der Waals surface area contributed by atoms with E-state index in [1.165, 1.54) is 17.7 Å². The zero-order valence-corrected chi connectivity index (χ0v) is 13.6. The van der Waals surface area contributed by atoms with Gasteiger partial charge in [-0.05, 0) is 49.1 Å². The minimum Gasteiger partial charge on any atom is -0.497 e. The number of benzene rings is 1. The second-order valence-corrected chi connectivity index (χ2v) is 6.25. The lowest BCUT2D eigenvalue weighted by atomic mass is 9.82. The molecular formula is C19H24N2O. The number of aryl methyl sites for hydroxylation is 1. The Bertz CT molecular complexity index is 624. The Morgan fingerprint density at radius 3 is 2.64 bits per heavy atom. The number of nitrogens with zero attached hydrogens (tertiary/aromatic N) is 2. The Morgan fingerprint density at radius 1 is 1.18 bits per heavy atom. The summed E-state index contributed by atoms with van der Waals surface area (Å²) in [4.78, 5) is 6.79. The first-order chi connectivity index (χ1) is 10.7. The van der Waals surface area contributed by atoms with Gasteiger partial charge in [0.05, 0.1) is 7.11 Å². The summed E-state index contributed by atoms with van der Waals surface area (Å²) in [5.74, 6) is 2.19. The van der Waals surface area contributed by atoms with E-state index in [4.69, 9.17) is 4.74 Å². The molecule has 3 nitrogen and oxygen atoms in total. The molecule has 116 valence electrons. The van der Waals surface area contributed by atoms with Crippen molar-refractivity contribution in [1.29, 1.82) is 0 Å². The van der Waals surface area contributed by atoms with Gasteiger partial charge in [0.1, 0.15) is 5.75 Å². The van der Waals surface area contributed by atoms with E-state index in [0.717, 1.165) is 24.5 Å². The Morgan fingerprint density at radius 2 is 1.95 bits per heavy atom. The molecule has 0 radical (unpaired) electrons. The maximum Gasteiger partial charge on any atom is 0.118 e. The van der Waals surface area contributed by atoms with Crippen molar-refractivity contribution in [1.82, 2.24) is 4.98 Å². The summed E-state index contributed by atoms with van der Waals surface area (Å²) in [6.07, 6.45) is 3.13. The largest absolute Gasteiger partial charge is 0.497 e. The molecule has 22 heavy (non-hydrogen) atoms. The van der Waals surface area contributed by atoms with Gasteiger partial charge in [0.15, 0.2) is 0 Å². The molecule has 3 heteroatoms. The summed E-state index contributed by atoms with van der Waals surface area (Å²) in [5, 5.41) is 0. The third-order valence-corrected chi connectivity index (χ3v) is 4.75. The summed E-state index contributed by atoms with van der Waals surface area (Å²) in [6.45, 7) is 6.61. The normalized spacial score (nSPS) is 21.7. The van der Waals surface area contributed by atoms with Gasteiger partial charge in [0.2, 0.25) is 0 Å². The summed E-state index contributed by atoms with van der Waals surface area (Å²) < 4.78 is 5.27. The number of anilines is 1. The van der Waals surface area contributed by atoms with Crippen LogP contribution in [0.2, 0.25) is 0 Å². The Hall–Kier alpha value is -2.03. The molecule has 0 aliphatic carbocycles. The lowest BCUT2D eigenvalue weighted by Gasteiger charge is -2.39. The Balaban J connectivity index is 1.81. The number of piperidine rings is 1. The van der Waals surface area contributed by atoms with Crippen molar-refractivity contribution >= 4 is 5.69 Å². The highest BCUT2D eigenvalue weighted by molar-refractivity contribution is 5.48. The van der Waals surface area contributed by atoms with Crippen molar-refractivity contribution in [2.45, 2.75) is 26.2 Å². The highest BCUT2D eigenvalue weighted by Crippen LogP contribution is 2.34. The van der Waals surface area contributed by atoms with Crippen molar-refractivity contribution in [3.63, 3.8) is 0 Å². The summed E-state index contributed by atoms with van der Waals surface area (Å²) in [6, 6.07) is 12.9. The van der Waals surface area contributed by atoms with Gasteiger partial charge < -0.3 is 9.64 Å². The number of rotatable bonds is 3. The fraction of sp³-hybridized carbons (Fsp3) is 0.421. The van der Waals surface area contributed by atoms with Gasteiger partial charge in [-0.3, -0.25) is 4.98 Å². The van der Waals surface area contributed by atoms with Gasteiger partial charge >= 0.3 is 0 Å². The van der Waals surface area contributed by atoms with Gasteiger partial charge in [-0.1, -0.05) is 19.1 Å². The van der Waals surface area contributed by atoms with E-state index < -0.39 is 0 Å². The van der Waals surface area contributed by atoms with Crippen LogP contribution >= 0.6 is 0 Å². The molecule has 2 heterocycles. The molecule has 2 atom stereocenters. The van der Waals surface area contributed by atoms with Crippen molar-refractivity contribution in [2.24, 2.45) is 5.92 Å². The van der Waals surface area contributed by atoms with Gasteiger partial charge in [-0.2, -0.15) is 0 Å². The summed E-state index contributed by atoms with van der Waals surface area (Å²) >= 11 is 0. The number of hydrogen-bond donors (Lipinski definition) is 0. The summed E-state index contributed by atoms with van der Waals surface area (Å²) in [5.41, 5.74) is 3.78. The van der Waals surface area contributed by atoms with E-state index in [0.29, 0.717) is 11.8 Å². The average Bonchev–Trinajstić information content (AvgIpc) is 2.55. The molecule has 3 rings (SSSR count). The van der Waals surface area contributed by atoms with Crippen LogP contribution < -0.4 is 9.64 Å². The minimum absolute atomic E-state index is 0.563. The van der Waals surface area contributed by atoms with Crippen LogP contribution in [0.4, 0.5) is 5.69 Å². The van der Waals surface area contributed by atoms with Crippen molar-refractivity contribution in [3.05, 3.63) is 53.9 Å². The monoisotopic (exact) mass is 296 g/mol. The van der Waals surface area contributed by atoms with Crippen LogP contribution in [0.25, 0.3) is 0 Å². The first-order valence-corrected chi connectivity index (χ1v) is 7.99. The number of hydrogen-bond acceptors (Lipinski definition) is 3. The van der Waals surface area contributed by atoms with Crippen LogP contribution in [-0.4, -0.2) is 25.2 Å². The fourth-order valence-corrected chi connectivity index (χ4v) is 3.32. The van der Waals surface area contributed by atoms with Crippen LogP contribution in [0.5, 0.6) is 5.75 Å².